The summed E-state index contributed by atoms with van der Waals surface area (Å²) in [5.41, 5.74) is 2.38. The van der Waals surface area contributed by atoms with Gasteiger partial charge in [-0.1, -0.05) is 0 Å². The molecule has 3 nitrogen and oxygen atoms in total. The molecule has 1 aromatic rings. The van der Waals surface area contributed by atoms with Gasteiger partial charge >= 0.3 is 0 Å². The molecule has 0 unspecified atom stereocenters. The summed E-state index contributed by atoms with van der Waals surface area (Å²) in [6, 6.07) is 2.01. The van der Waals surface area contributed by atoms with Crippen LogP contribution in [0.4, 0.5) is 5.69 Å². The van der Waals surface area contributed by atoms with E-state index >= 15 is 0 Å². The fourth-order valence-electron chi connectivity index (χ4n) is 1.78. The van der Waals surface area contributed by atoms with E-state index < -0.39 is 0 Å². The average molecular weight is 178 g/mol. The Labute approximate surface area is 78.0 Å². The highest BCUT2D eigenvalue weighted by atomic mass is 16.3. The maximum Gasteiger partial charge on any atom is 0.0731 e. The molecule has 70 valence electrons. The lowest BCUT2D eigenvalue weighted by Crippen LogP contribution is -2.21. The van der Waals surface area contributed by atoms with Gasteiger partial charge < -0.3 is 10.0 Å². The molecule has 0 radical (unpaired) electrons. The third-order valence-electron chi connectivity index (χ3n) is 2.49. The lowest BCUT2D eigenvalue weighted by atomic mass is 10.2. The molecule has 0 spiro atoms. The molecule has 2 heterocycles. The normalized spacial score (nSPS) is 22.3. The zero-order valence-electron chi connectivity index (χ0n) is 7.77. The highest BCUT2D eigenvalue weighted by molar-refractivity contribution is 5.52. The summed E-state index contributed by atoms with van der Waals surface area (Å²) < 4.78 is 0. The molecule has 13 heavy (non-hydrogen) atoms. The molecule has 0 saturated carbocycles. The van der Waals surface area contributed by atoms with Gasteiger partial charge in [0.2, 0.25) is 0 Å². The Morgan fingerprint density at radius 3 is 3.08 bits per heavy atom. The number of pyridine rings is 1. The number of aliphatic hydroxyl groups excluding tert-OH is 1. The monoisotopic (exact) mass is 178 g/mol. The van der Waals surface area contributed by atoms with Gasteiger partial charge in [0.1, 0.15) is 0 Å². The fourth-order valence-corrected chi connectivity index (χ4v) is 1.78. The van der Waals surface area contributed by atoms with Crippen LogP contribution in [0.2, 0.25) is 0 Å². The summed E-state index contributed by atoms with van der Waals surface area (Å²) in [4.78, 5) is 6.26. The molecule has 0 bridgehead atoms. The van der Waals surface area contributed by atoms with Gasteiger partial charge in [-0.25, -0.2) is 0 Å². The molecule has 0 aliphatic carbocycles. The van der Waals surface area contributed by atoms with E-state index in [1.165, 1.54) is 11.3 Å². The second kappa shape index (κ2) is 3.34. The van der Waals surface area contributed by atoms with Gasteiger partial charge in [-0.2, -0.15) is 0 Å². The van der Waals surface area contributed by atoms with E-state index in [1.807, 2.05) is 19.2 Å². The first-order valence-electron chi connectivity index (χ1n) is 4.61. The van der Waals surface area contributed by atoms with Gasteiger partial charge in [0.25, 0.3) is 0 Å². The number of aliphatic hydroxyl groups is 1. The van der Waals surface area contributed by atoms with Crippen molar-refractivity contribution in [2.24, 2.45) is 0 Å². The molecular formula is C10H14N2O. The summed E-state index contributed by atoms with van der Waals surface area (Å²) in [6.45, 7) is 3.75. The number of anilines is 1. The van der Waals surface area contributed by atoms with E-state index in [0.717, 1.165) is 19.5 Å². The zero-order valence-corrected chi connectivity index (χ0v) is 7.77. The lowest BCUT2D eigenvalue weighted by Gasteiger charge is -2.19. The van der Waals surface area contributed by atoms with E-state index in [1.54, 1.807) is 6.20 Å². The Morgan fingerprint density at radius 1 is 1.62 bits per heavy atom. The van der Waals surface area contributed by atoms with E-state index in [-0.39, 0.29) is 6.10 Å². The van der Waals surface area contributed by atoms with Crippen molar-refractivity contribution in [2.45, 2.75) is 19.4 Å². The van der Waals surface area contributed by atoms with Crippen LogP contribution < -0.4 is 4.90 Å². The standard InChI is InChI=1S/C10H14N2O/c1-8-6-11-4-2-10(8)12-5-3-9(13)7-12/h2,4,6,9,13H,3,5,7H2,1H3/t9-/m1/s1. The van der Waals surface area contributed by atoms with Crippen molar-refractivity contribution >= 4 is 5.69 Å². The summed E-state index contributed by atoms with van der Waals surface area (Å²) >= 11 is 0. The van der Waals surface area contributed by atoms with Gasteiger partial charge in [0, 0.05) is 31.2 Å². The van der Waals surface area contributed by atoms with Gasteiger partial charge in [-0.3, -0.25) is 4.98 Å². The molecule has 0 amide bonds. The van der Waals surface area contributed by atoms with Crippen LogP contribution in [-0.2, 0) is 0 Å². The van der Waals surface area contributed by atoms with Crippen LogP contribution in [0.15, 0.2) is 18.5 Å². The van der Waals surface area contributed by atoms with Gasteiger partial charge in [0.15, 0.2) is 0 Å². The second-order valence-corrected chi connectivity index (χ2v) is 3.55. The first kappa shape index (κ1) is 8.51. The van der Waals surface area contributed by atoms with Crippen molar-refractivity contribution in [3.05, 3.63) is 24.0 Å². The topological polar surface area (TPSA) is 36.4 Å². The fraction of sp³-hybridized carbons (Fsp3) is 0.500. The summed E-state index contributed by atoms with van der Waals surface area (Å²) in [7, 11) is 0. The lowest BCUT2D eigenvalue weighted by molar-refractivity contribution is 0.198. The number of rotatable bonds is 1. The molecule has 0 aromatic carbocycles. The molecule has 1 saturated heterocycles. The van der Waals surface area contributed by atoms with E-state index in [9.17, 15) is 5.11 Å². The number of β-amino-alcohol motifs (C(OH)–C–C–N with tert-alkyl or cyclic N) is 1. The van der Waals surface area contributed by atoms with Crippen molar-refractivity contribution in [1.82, 2.24) is 4.98 Å². The van der Waals surface area contributed by atoms with Crippen molar-refractivity contribution in [2.75, 3.05) is 18.0 Å². The first-order valence-corrected chi connectivity index (χ1v) is 4.61. The highest BCUT2D eigenvalue weighted by Crippen LogP contribution is 2.22. The molecule has 2 rings (SSSR count). The van der Waals surface area contributed by atoms with Crippen molar-refractivity contribution in [1.29, 1.82) is 0 Å². The highest BCUT2D eigenvalue weighted by Gasteiger charge is 2.21. The summed E-state index contributed by atoms with van der Waals surface area (Å²) in [5.74, 6) is 0. The van der Waals surface area contributed by atoms with Crippen molar-refractivity contribution in [3.8, 4) is 0 Å². The Morgan fingerprint density at radius 2 is 2.46 bits per heavy atom. The Balaban J connectivity index is 2.21. The molecule has 1 aliphatic rings. The summed E-state index contributed by atoms with van der Waals surface area (Å²) in [5, 5.41) is 9.39. The number of aryl methyl sites for hydroxylation is 1. The quantitative estimate of drug-likeness (QED) is 0.696. The first-order chi connectivity index (χ1) is 6.27. The molecule has 1 fully saturated rings. The number of hydrogen-bond acceptors (Lipinski definition) is 3. The van der Waals surface area contributed by atoms with Crippen LogP contribution in [0.5, 0.6) is 0 Å². The number of nitrogens with zero attached hydrogens (tertiary/aromatic N) is 2. The van der Waals surface area contributed by atoms with Crippen LogP contribution in [0, 0.1) is 6.92 Å². The number of hydrogen-bond donors (Lipinski definition) is 1. The summed E-state index contributed by atoms with van der Waals surface area (Å²) in [6.07, 6.45) is 4.38. The van der Waals surface area contributed by atoms with E-state index in [4.69, 9.17) is 0 Å². The molecule has 1 atom stereocenters. The minimum absolute atomic E-state index is 0.160. The van der Waals surface area contributed by atoms with Crippen molar-refractivity contribution in [3.63, 3.8) is 0 Å². The number of aromatic nitrogens is 1. The van der Waals surface area contributed by atoms with E-state index in [2.05, 4.69) is 9.88 Å². The SMILES string of the molecule is Cc1cnccc1N1CC[C@@H](O)C1. The zero-order chi connectivity index (χ0) is 9.26. The van der Waals surface area contributed by atoms with E-state index in [0.29, 0.717) is 0 Å². The minimum atomic E-state index is -0.160. The average Bonchev–Trinajstić information content (AvgIpc) is 2.53. The Kier molecular flexibility index (Phi) is 2.19. The predicted molar refractivity (Wildman–Crippen MR) is 51.8 cm³/mol. The molecule has 1 aliphatic heterocycles. The second-order valence-electron chi connectivity index (χ2n) is 3.55. The predicted octanol–water partition coefficient (Wildman–Crippen LogP) is 0.961. The van der Waals surface area contributed by atoms with Gasteiger partial charge in [-0.05, 0) is 25.0 Å². The minimum Gasteiger partial charge on any atom is -0.391 e. The van der Waals surface area contributed by atoms with Crippen LogP contribution >= 0.6 is 0 Å². The maximum absolute atomic E-state index is 9.39. The molecular weight excluding hydrogens is 164 g/mol. The van der Waals surface area contributed by atoms with Crippen LogP contribution in [0.3, 0.4) is 0 Å². The molecule has 3 heteroatoms. The van der Waals surface area contributed by atoms with Gasteiger partial charge in [-0.15, -0.1) is 0 Å². The Hall–Kier alpha value is -1.09. The smallest absolute Gasteiger partial charge is 0.0731 e. The van der Waals surface area contributed by atoms with Crippen LogP contribution in [0.1, 0.15) is 12.0 Å². The maximum atomic E-state index is 9.39. The third kappa shape index (κ3) is 1.65. The van der Waals surface area contributed by atoms with Crippen LogP contribution in [-0.4, -0.2) is 29.3 Å². The van der Waals surface area contributed by atoms with Crippen LogP contribution in [0.25, 0.3) is 0 Å². The third-order valence-corrected chi connectivity index (χ3v) is 2.49. The Bertz CT molecular complexity index is 301. The largest absolute Gasteiger partial charge is 0.391 e. The molecule has 1 N–H and O–H groups in total. The molecule has 1 aromatic heterocycles. The van der Waals surface area contributed by atoms with Gasteiger partial charge in [0.05, 0.1) is 6.10 Å². The van der Waals surface area contributed by atoms with Crippen molar-refractivity contribution < 1.29 is 5.11 Å².